The van der Waals surface area contributed by atoms with Crippen LogP contribution in [0.5, 0.6) is 5.75 Å². The van der Waals surface area contributed by atoms with E-state index in [1.54, 1.807) is 23.2 Å². The van der Waals surface area contributed by atoms with Gasteiger partial charge in [-0.05, 0) is 31.0 Å². The fourth-order valence-electron chi connectivity index (χ4n) is 2.94. The highest BCUT2D eigenvalue weighted by molar-refractivity contribution is 5.94. The van der Waals surface area contributed by atoms with E-state index in [-0.39, 0.29) is 29.8 Å². The first-order valence-corrected chi connectivity index (χ1v) is 7.73. The van der Waals surface area contributed by atoms with Crippen molar-refractivity contribution in [1.29, 1.82) is 0 Å². The van der Waals surface area contributed by atoms with Crippen LogP contribution in [0.4, 0.5) is 0 Å². The van der Waals surface area contributed by atoms with Crippen molar-refractivity contribution in [2.45, 2.75) is 25.3 Å². The van der Waals surface area contributed by atoms with E-state index >= 15 is 0 Å². The van der Waals surface area contributed by atoms with Crippen LogP contribution >= 0.6 is 0 Å². The lowest BCUT2D eigenvalue weighted by Gasteiger charge is -2.31. The molecule has 8 heteroatoms. The number of aromatic nitrogens is 3. The molecule has 8 nitrogen and oxygen atoms in total. The third-order valence-corrected chi connectivity index (χ3v) is 4.07. The third-order valence-electron chi connectivity index (χ3n) is 4.07. The molecule has 1 aliphatic rings. The molecule has 0 saturated carbocycles. The van der Waals surface area contributed by atoms with Gasteiger partial charge in [-0.15, -0.1) is 0 Å². The lowest BCUT2D eigenvalue weighted by molar-refractivity contribution is -0.137. The lowest BCUT2D eigenvalue weighted by atomic mass is 9.94. The van der Waals surface area contributed by atoms with Gasteiger partial charge in [0.05, 0.1) is 5.69 Å². The van der Waals surface area contributed by atoms with E-state index in [1.807, 2.05) is 0 Å². The fourth-order valence-corrected chi connectivity index (χ4v) is 2.94. The number of aromatic hydroxyl groups is 1. The molecule has 3 heterocycles. The van der Waals surface area contributed by atoms with Crippen LogP contribution in [0.15, 0.2) is 30.6 Å². The van der Waals surface area contributed by atoms with E-state index in [0.29, 0.717) is 13.1 Å². The monoisotopic (exact) mass is 330 g/mol. The highest BCUT2D eigenvalue weighted by atomic mass is 16.4. The molecule has 1 fully saturated rings. The maximum atomic E-state index is 12.5. The number of piperidine rings is 1. The predicted octanol–water partition coefficient (Wildman–Crippen LogP) is 1.09. The molecule has 1 amide bonds. The number of carboxylic acids is 1. The van der Waals surface area contributed by atoms with Gasteiger partial charge in [0, 0.05) is 31.4 Å². The second-order valence-corrected chi connectivity index (χ2v) is 5.79. The predicted molar refractivity (Wildman–Crippen MR) is 83.6 cm³/mol. The summed E-state index contributed by atoms with van der Waals surface area (Å²) >= 11 is 0. The average molecular weight is 330 g/mol. The summed E-state index contributed by atoms with van der Waals surface area (Å²) in [4.78, 5) is 28.9. The van der Waals surface area contributed by atoms with Gasteiger partial charge in [0.1, 0.15) is 12.3 Å². The third kappa shape index (κ3) is 3.37. The van der Waals surface area contributed by atoms with Gasteiger partial charge in [0.25, 0.3) is 5.91 Å². The summed E-state index contributed by atoms with van der Waals surface area (Å²) in [5.41, 5.74) is 0.827. The molecule has 126 valence electrons. The Labute approximate surface area is 138 Å². The summed E-state index contributed by atoms with van der Waals surface area (Å²) in [5.74, 6) is -1.34. The molecule has 24 heavy (non-hydrogen) atoms. The van der Waals surface area contributed by atoms with Crippen LogP contribution in [-0.2, 0) is 11.3 Å². The molecule has 0 aromatic carbocycles. The lowest BCUT2D eigenvalue weighted by Crippen LogP contribution is -2.39. The average Bonchev–Trinajstić information content (AvgIpc) is 3.02. The number of rotatable bonds is 4. The Morgan fingerprint density at radius 1 is 1.33 bits per heavy atom. The van der Waals surface area contributed by atoms with E-state index < -0.39 is 5.97 Å². The zero-order valence-corrected chi connectivity index (χ0v) is 13.0. The first kappa shape index (κ1) is 16.0. The first-order chi connectivity index (χ1) is 11.5. The van der Waals surface area contributed by atoms with Crippen LogP contribution in [0.1, 0.15) is 34.9 Å². The number of hydrogen-bond acceptors (Lipinski definition) is 5. The minimum absolute atomic E-state index is 0.0450. The quantitative estimate of drug-likeness (QED) is 0.868. The second kappa shape index (κ2) is 6.69. The zero-order chi connectivity index (χ0) is 17.1. The maximum absolute atomic E-state index is 12.5. The molecule has 2 aromatic rings. The normalized spacial score (nSPS) is 17.7. The van der Waals surface area contributed by atoms with Crippen LogP contribution in [0.3, 0.4) is 0 Å². The molecule has 1 aliphatic heterocycles. The van der Waals surface area contributed by atoms with Crippen LogP contribution in [0, 0.1) is 0 Å². The highest BCUT2D eigenvalue weighted by Gasteiger charge is 2.28. The smallest absolute Gasteiger partial charge is 0.325 e. The van der Waals surface area contributed by atoms with Crippen molar-refractivity contribution >= 4 is 11.9 Å². The number of pyridine rings is 1. The van der Waals surface area contributed by atoms with Crippen molar-refractivity contribution in [3.05, 3.63) is 42.0 Å². The van der Waals surface area contributed by atoms with Crippen molar-refractivity contribution in [2.75, 3.05) is 13.1 Å². The maximum Gasteiger partial charge on any atom is 0.325 e. The summed E-state index contributed by atoms with van der Waals surface area (Å²) < 4.78 is 1.38. The molecule has 0 aliphatic carbocycles. The molecular formula is C16H18N4O4. The Bertz CT molecular complexity index is 758. The Morgan fingerprint density at radius 3 is 2.92 bits per heavy atom. The van der Waals surface area contributed by atoms with Crippen molar-refractivity contribution < 1.29 is 19.8 Å². The first-order valence-electron chi connectivity index (χ1n) is 7.73. The number of likely N-dealkylation sites (tertiary alicyclic amines) is 1. The molecule has 0 unspecified atom stereocenters. The number of aliphatic carboxylic acids is 1. The standard InChI is InChI=1S/C16H18N4O4/c21-13-4-1-6-17-15(13)16(24)19-7-2-3-11(9-19)12-5-8-20(18-12)10-14(22)23/h1,4-6,8,11,21H,2-3,7,9-10H2,(H,22,23)/t11-/m1/s1. The summed E-state index contributed by atoms with van der Waals surface area (Å²) in [6.45, 7) is 0.886. The number of carbonyl (C=O) groups excluding carboxylic acids is 1. The van der Waals surface area contributed by atoms with Crippen LogP contribution in [-0.4, -0.2) is 54.8 Å². The SMILES string of the molecule is O=C(O)Cn1ccc([C@@H]2CCCN(C(=O)c3ncccc3O)C2)n1. The van der Waals surface area contributed by atoms with Gasteiger partial charge < -0.3 is 15.1 Å². The van der Waals surface area contributed by atoms with E-state index in [0.717, 1.165) is 18.5 Å². The minimum atomic E-state index is -0.948. The Kier molecular flexibility index (Phi) is 4.45. The van der Waals surface area contributed by atoms with Gasteiger partial charge in [-0.25, -0.2) is 4.98 Å². The topological polar surface area (TPSA) is 109 Å². The van der Waals surface area contributed by atoms with Gasteiger partial charge in [0.2, 0.25) is 0 Å². The second-order valence-electron chi connectivity index (χ2n) is 5.79. The molecule has 2 N–H and O–H groups in total. The molecule has 0 radical (unpaired) electrons. The molecule has 1 saturated heterocycles. The Morgan fingerprint density at radius 2 is 2.17 bits per heavy atom. The number of carbonyl (C=O) groups is 2. The van der Waals surface area contributed by atoms with E-state index in [1.165, 1.54) is 16.9 Å². The number of carboxylic acid groups (broad SMARTS) is 1. The highest BCUT2D eigenvalue weighted by Crippen LogP contribution is 2.27. The van der Waals surface area contributed by atoms with E-state index in [4.69, 9.17) is 5.11 Å². The Hall–Kier alpha value is -2.90. The van der Waals surface area contributed by atoms with Gasteiger partial charge in [-0.3, -0.25) is 14.3 Å². The van der Waals surface area contributed by atoms with Gasteiger partial charge >= 0.3 is 5.97 Å². The molecule has 0 bridgehead atoms. The number of hydrogen-bond donors (Lipinski definition) is 2. The zero-order valence-electron chi connectivity index (χ0n) is 13.0. The van der Waals surface area contributed by atoms with Crippen LogP contribution < -0.4 is 0 Å². The van der Waals surface area contributed by atoms with Crippen LogP contribution in [0.2, 0.25) is 0 Å². The van der Waals surface area contributed by atoms with Crippen LogP contribution in [0.25, 0.3) is 0 Å². The Balaban J connectivity index is 1.72. The van der Waals surface area contributed by atoms with E-state index in [9.17, 15) is 14.7 Å². The van der Waals surface area contributed by atoms with Gasteiger partial charge in [-0.1, -0.05) is 0 Å². The molecular weight excluding hydrogens is 312 g/mol. The fraction of sp³-hybridized carbons (Fsp3) is 0.375. The number of amides is 1. The summed E-state index contributed by atoms with van der Waals surface area (Å²) in [5, 5.41) is 22.9. The van der Waals surface area contributed by atoms with E-state index in [2.05, 4.69) is 10.1 Å². The summed E-state index contributed by atoms with van der Waals surface area (Å²) in [6, 6.07) is 4.80. The van der Waals surface area contributed by atoms with Crippen molar-refractivity contribution in [1.82, 2.24) is 19.7 Å². The largest absolute Gasteiger partial charge is 0.505 e. The molecule has 2 aromatic heterocycles. The summed E-state index contributed by atoms with van der Waals surface area (Å²) in [7, 11) is 0. The minimum Gasteiger partial charge on any atom is -0.505 e. The van der Waals surface area contributed by atoms with Crippen molar-refractivity contribution in [2.24, 2.45) is 0 Å². The molecule has 0 spiro atoms. The molecule has 3 rings (SSSR count). The molecule has 1 atom stereocenters. The van der Waals surface area contributed by atoms with Gasteiger partial charge in [0.15, 0.2) is 5.69 Å². The summed E-state index contributed by atoms with van der Waals surface area (Å²) in [6.07, 6.45) is 4.80. The van der Waals surface area contributed by atoms with Gasteiger partial charge in [-0.2, -0.15) is 5.10 Å². The van der Waals surface area contributed by atoms with Crippen molar-refractivity contribution in [3.8, 4) is 5.75 Å². The van der Waals surface area contributed by atoms with Crippen molar-refractivity contribution in [3.63, 3.8) is 0 Å². The number of nitrogens with zero attached hydrogens (tertiary/aromatic N) is 4.